The smallest absolute Gasteiger partial charge is 0.184 e. The van der Waals surface area contributed by atoms with Crippen LogP contribution in [0, 0.1) is 6.92 Å². The van der Waals surface area contributed by atoms with E-state index in [9.17, 15) is 8.42 Å². The Kier molecular flexibility index (Phi) is 2.53. The van der Waals surface area contributed by atoms with Crippen LogP contribution in [0.1, 0.15) is 12.0 Å². The normalized spacial score (nSPS) is 23.8. The van der Waals surface area contributed by atoms with E-state index in [0.29, 0.717) is 11.3 Å². The van der Waals surface area contributed by atoms with Gasteiger partial charge in [-0.05, 0) is 19.1 Å². The van der Waals surface area contributed by atoms with Crippen LogP contribution < -0.4 is 0 Å². The van der Waals surface area contributed by atoms with Gasteiger partial charge in [-0.2, -0.15) is 0 Å². The fraction of sp³-hybridized carbons (Fsp3) is 0.400. The second-order valence-electron chi connectivity index (χ2n) is 3.81. The van der Waals surface area contributed by atoms with Crippen LogP contribution in [0.3, 0.4) is 0 Å². The van der Waals surface area contributed by atoms with Crippen LogP contribution in [0.4, 0.5) is 0 Å². The zero-order chi connectivity index (χ0) is 11.3. The molecule has 5 heteroatoms. The Morgan fingerprint density at radius 1 is 1.27 bits per heavy atom. The molecule has 0 heterocycles. The maximum absolute atomic E-state index is 12.0. The molecule has 15 heavy (non-hydrogen) atoms. The highest BCUT2D eigenvalue weighted by Crippen LogP contribution is 2.53. The standard InChI is InChI=1S/C10H10Cl2O2S/c1-7-2-4-8(5-3-7)15(13,14)9-6-10(9,11)12/h2-5,9H,6H2,1H3/t9-/m1/s1. The zero-order valence-corrected chi connectivity index (χ0v) is 10.4. The van der Waals surface area contributed by atoms with E-state index in [1.807, 2.05) is 6.92 Å². The Morgan fingerprint density at radius 2 is 1.73 bits per heavy atom. The van der Waals surface area contributed by atoms with E-state index in [1.54, 1.807) is 24.3 Å². The van der Waals surface area contributed by atoms with Crippen LogP contribution in [0.15, 0.2) is 29.2 Å². The molecule has 0 bridgehead atoms. The predicted molar refractivity (Wildman–Crippen MR) is 61.2 cm³/mol. The Morgan fingerprint density at radius 3 is 2.13 bits per heavy atom. The van der Waals surface area contributed by atoms with Crippen molar-refractivity contribution < 1.29 is 8.42 Å². The highest BCUT2D eigenvalue weighted by atomic mass is 35.5. The Labute approximate surface area is 99.1 Å². The van der Waals surface area contributed by atoms with Crippen molar-refractivity contribution in [2.45, 2.75) is 27.8 Å². The van der Waals surface area contributed by atoms with Crippen LogP contribution in [0.25, 0.3) is 0 Å². The van der Waals surface area contributed by atoms with Gasteiger partial charge in [0.05, 0.1) is 4.90 Å². The second kappa shape index (κ2) is 3.37. The lowest BCUT2D eigenvalue weighted by Crippen LogP contribution is -2.12. The van der Waals surface area contributed by atoms with Gasteiger partial charge in [-0.15, -0.1) is 23.2 Å². The lowest BCUT2D eigenvalue weighted by atomic mass is 10.2. The molecule has 0 saturated heterocycles. The predicted octanol–water partition coefficient (Wildman–Crippen LogP) is 2.71. The first-order valence-electron chi connectivity index (χ1n) is 4.52. The third kappa shape index (κ3) is 2.01. The number of benzene rings is 1. The summed E-state index contributed by atoms with van der Waals surface area (Å²) in [6.45, 7) is 1.90. The molecule has 1 atom stereocenters. The van der Waals surface area contributed by atoms with E-state index in [2.05, 4.69) is 0 Å². The summed E-state index contributed by atoms with van der Waals surface area (Å²) in [7, 11) is -3.35. The number of rotatable bonds is 2. The van der Waals surface area contributed by atoms with Gasteiger partial charge in [0.2, 0.25) is 0 Å². The summed E-state index contributed by atoms with van der Waals surface area (Å²) in [6.07, 6.45) is 0.312. The van der Waals surface area contributed by atoms with Crippen LogP contribution in [-0.2, 0) is 9.84 Å². The third-order valence-electron chi connectivity index (χ3n) is 2.49. The molecule has 0 amide bonds. The molecule has 2 rings (SSSR count). The molecule has 1 fully saturated rings. The molecule has 82 valence electrons. The first-order valence-corrected chi connectivity index (χ1v) is 6.83. The largest absolute Gasteiger partial charge is 0.223 e. The number of halogens is 2. The molecular formula is C10H10Cl2O2S. The molecule has 0 N–H and O–H groups in total. The molecule has 0 aliphatic heterocycles. The molecule has 0 unspecified atom stereocenters. The first-order chi connectivity index (χ1) is 6.84. The summed E-state index contributed by atoms with van der Waals surface area (Å²) in [5, 5.41) is -0.656. The van der Waals surface area contributed by atoms with Crippen molar-refractivity contribution in [3.8, 4) is 0 Å². The minimum Gasteiger partial charge on any atom is -0.223 e. The van der Waals surface area contributed by atoms with Gasteiger partial charge in [0.25, 0.3) is 0 Å². The molecule has 1 aromatic rings. The average molecular weight is 265 g/mol. The number of hydrogen-bond acceptors (Lipinski definition) is 2. The van der Waals surface area contributed by atoms with Gasteiger partial charge in [0.1, 0.15) is 9.58 Å². The molecule has 0 radical (unpaired) electrons. The van der Waals surface area contributed by atoms with Gasteiger partial charge in [0.15, 0.2) is 9.84 Å². The van der Waals surface area contributed by atoms with Crippen molar-refractivity contribution >= 4 is 33.0 Å². The molecular weight excluding hydrogens is 255 g/mol. The van der Waals surface area contributed by atoms with Gasteiger partial charge in [-0.25, -0.2) is 8.42 Å². The van der Waals surface area contributed by atoms with Gasteiger partial charge in [-0.1, -0.05) is 17.7 Å². The minimum absolute atomic E-state index is 0.293. The summed E-state index contributed by atoms with van der Waals surface area (Å²) >= 11 is 11.5. The Hall–Kier alpha value is -0.250. The van der Waals surface area contributed by atoms with E-state index in [-0.39, 0.29) is 0 Å². The van der Waals surface area contributed by atoms with Gasteiger partial charge in [-0.3, -0.25) is 0 Å². The summed E-state index contributed by atoms with van der Waals surface area (Å²) < 4.78 is 22.8. The van der Waals surface area contributed by atoms with Gasteiger partial charge >= 0.3 is 0 Å². The molecule has 1 aliphatic rings. The fourth-order valence-electron chi connectivity index (χ4n) is 1.42. The lowest BCUT2D eigenvalue weighted by Gasteiger charge is -2.04. The van der Waals surface area contributed by atoms with E-state index in [4.69, 9.17) is 23.2 Å². The first kappa shape index (κ1) is 11.2. The third-order valence-corrected chi connectivity index (χ3v) is 5.83. The van der Waals surface area contributed by atoms with Gasteiger partial charge in [0, 0.05) is 6.42 Å². The maximum atomic E-state index is 12.0. The highest BCUT2D eigenvalue weighted by Gasteiger charge is 2.59. The fourth-order valence-corrected chi connectivity index (χ4v) is 4.39. The average Bonchev–Trinajstić information content (AvgIpc) is 2.77. The van der Waals surface area contributed by atoms with Crippen LogP contribution in [-0.4, -0.2) is 18.0 Å². The van der Waals surface area contributed by atoms with Crippen molar-refractivity contribution in [1.82, 2.24) is 0 Å². The quantitative estimate of drug-likeness (QED) is 0.770. The topological polar surface area (TPSA) is 34.1 Å². The number of aryl methyl sites for hydroxylation is 1. The second-order valence-corrected chi connectivity index (χ2v) is 7.48. The molecule has 0 aromatic heterocycles. The Bertz CT molecular complexity index is 477. The molecule has 0 spiro atoms. The van der Waals surface area contributed by atoms with Crippen LogP contribution in [0.2, 0.25) is 0 Å². The minimum atomic E-state index is -3.35. The van der Waals surface area contributed by atoms with E-state index >= 15 is 0 Å². The van der Waals surface area contributed by atoms with Gasteiger partial charge < -0.3 is 0 Å². The number of alkyl halides is 2. The SMILES string of the molecule is Cc1ccc(S(=O)(=O)[C@@H]2CC2(Cl)Cl)cc1. The van der Waals surface area contributed by atoms with Crippen molar-refractivity contribution in [3.63, 3.8) is 0 Å². The highest BCUT2D eigenvalue weighted by molar-refractivity contribution is 7.92. The molecule has 1 aromatic carbocycles. The van der Waals surface area contributed by atoms with Crippen molar-refractivity contribution in [1.29, 1.82) is 0 Å². The summed E-state index contributed by atoms with van der Waals surface area (Å²) in [5.74, 6) is 0. The zero-order valence-electron chi connectivity index (χ0n) is 8.07. The van der Waals surface area contributed by atoms with Crippen molar-refractivity contribution in [2.75, 3.05) is 0 Å². The van der Waals surface area contributed by atoms with E-state index in [1.165, 1.54) is 0 Å². The lowest BCUT2D eigenvalue weighted by molar-refractivity contribution is 0.594. The van der Waals surface area contributed by atoms with Crippen molar-refractivity contribution in [3.05, 3.63) is 29.8 Å². The summed E-state index contributed by atoms with van der Waals surface area (Å²) in [6, 6.07) is 6.71. The monoisotopic (exact) mass is 264 g/mol. The van der Waals surface area contributed by atoms with Crippen molar-refractivity contribution in [2.24, 2.45) is 0 Å². The molecule has 2 nitrogen and oxygen atoms in total. The Balaban J connectivity index is 2.36. The molecule has 1 saturated carbocycles. The van der Waals surface area contributed by atoms with E-state index < -0.39 is 19.4 Å². The summed E-state index contributed by atoms with van der Waals surface area (Å²) in [4.78, 5) is 0.293. The molecule has 1 aliphatic carbocycles. The number of hydrogen-bond donors (Lipinski definition) is 0. The van der Waals surface area contributed by atoms with E-state index in [0.717, 1.165) is 5.56 Å². The van der Waals surface area contributed by atoms with Crippen LogP contribution >= 0.6 is 23.2 Å². The number of sulfone groups is 1. The summed E-state index contributed by atoms with van der Waals surface area (Å²) in [5.41, 5.74) is 1.02. The maximum Gasteiger partial charge on any atom is 0.184 e. The van der Waals surface area contributed by atoms with Crippen LogP contribution in [0.5, 0.6) is 0 Å².